The molecule has 1 atom stereocenters. The molecule has 1 saturated heterocycles. The molecule has 1 unspecified atom stereocenters. The Hall–Kier alpha value is -1.77. The van der Waals surface area contributed by atoms with Gasteiger partial charge in [-0.25, -0.2) is 4.98 Å². The molecular formula is C16H24N6OS. The largest absolute Gasteiger partial charge is 0.338 e. The van der Waals surface area contributed by atoms with Crippen molar-refractivity contribution in [2.24, 2.45) is 7.05 Å². The molecule has 130 valence electrons. The number of aryl methyl sites for hydroxylation is 2. The number of likely N-dealkylation sites (N-methyl/N-ethyl adjacent to an activating group) is 1. The van der Waals surface area contributed by atoms with Crippen molar-refractivity contribution in [2.45, 2.75) is 19.5 Å². The fourth-order valence-corrected chi connectivity index (χ4v) is 3.87. The fraction of sp³-hybridized carbons (Fsp3) is 0.562. The number of nitrogens with zero attached hydrogens (tertiary/aromatic N) is 5. The first kappa shape index (κ1) is 17.1. The van der Waals surface area contributed by atoms with Crippen LogP contribution in [0.3, 0.4) is 0 Å². The Kier molecular flexibility index (Phi) is 5.27. The van der Waals surface area contributed by atoms with Crippen molar-refractivity contribution in [1.29, 1.82) is 0 Å². The van der Waals surface area contributed by atoms with Gasteiger partial charge in [0.05, 0.1) is 11.2 Å². The number of nitrogens with one attached hydrogen (secondary N) is 1. The van der Waals surface area contributed by atoms with Crippen molar-refractivity contribution in [1.82, 2.24) is 29.9 Å². The van der Waals surface area contributed by atoms with Gasteiger partial charge in [-0.2, -0.15) is 5.10 Å². The minimum atomic E-state index is -0.325. The normalized spacial score (nSPS) is 17.2. The maximum atomic E-state index is 12.8. The van der Waals surface area contributed by atoms with Crippen LogP contribution in [0.4, 0.5) is 0 Å². The lowest BCUT2D eigenvalue weighted by molar-refractivity contribution is -0.135. The van der Waals surface area contributed by atoms with E-state index in [1.165, 1.54) is 4.88 Å². The van der Waals surface area contributed by atoms with Gasteiger partial charge < -0.3 is 10.2 Å². The third-order valence-electron chi connectivity index (χ3n) is 4.33. The molecule has 3 heterocycles. The fourth-order valence-electron chi connectivity index (χ4n) is 3.03. The van der Waals surface area contributed by atoms with Crippen molar-refractivity contribution in [3.8, 4) is 0 Å². The topological polar surface area (TPSA) is 66.3 Å². The lowest BCUT2D eigenvalue weighted by atomic mass is 10.1. The van der Waals surface area contributed by atoms with E-state index >= 15 is 0 Å². The van der Waals surface area contributed by atoms with Crippen molar-refractivity contribution in [3.63, 3.8) is 0 Å². The van der Waals surface area contributed by atoms with Crippen LogP contribution in [0.15, 0.2) is 18.6 Å². The SMILES string of the molecule is CNC(C(=O)N1CCN(Cc2cnc(C)s2)CC1)c1cnn(C)c1. The van der Waals surface area contributed by atoms with E-state index in [0.29, 0.717) is 0 Å². The van der Waals surface area contributed by atoms with Gasteiger partial charge in [-0.3, -0.25) is 14.4 Å². The first-order valence-corrected chi connectivity index (χ1v) is 8.96. The number of hydrogen-bond donors (Lipinski definition) is 1. The van der Waals surface area contributed by atoms with Gasteiger partial charge in [0.25, 0.3) is 0 Å². The van der Waals surface area contributed by atoms with Crippen LogP contribution >= 0.6 is 11.3 Å². The van der Waals surface area contributed by atoms with E-state index in [4.69, 9.17) is 0 Å². The van der Waals surface area contributed by atoms with Gasteiger partial charge in [-0.1, -0.05) is 0 Å². The van der Waals surface area contributed by atoms with Crippen LogP contribution in [0.1, 0.15) is 21.5 Å². The molecule has 0 spiro atoms. The second-order valence-electron chi connectivity index (χ2n) is 6.12. The predicted octanol–water partition coefficient (Wildman–Crippen LogP) is 0.790. The maximum absolute atomic E-state index is 12.8. The van der Waals surface area contributed by atoms with Crippen LogP contribution in [0.5, 0.6) is 0 Å². The third-order valence-corrected chi connectivity index (χ3v) is 5.22. The molecule has 0 aromatic carbocycles. The van der Waals surface area contributed by atoms with Gasteiger partial charge in [0.15, 0.2) is 0 Å². The van der Waals surface area contributed by atoms with Crippen LogP contribution < -0.4 is 5.32 Å². The molecule has 7 nitrogen and oxygen atoms in total. The highest BCUT2D eigenvalue weighted by molar-refractivity contribution is 7.11. The summed E-state index contributed by atoms with van der Waals surface area (Å²) in [7, 11) is 3.68. The van der Waals surface area contributed by atoms with Gasteiger partial charge in [-0.15, -0.1) is 11.3 Å². The van der Waals surface area contributed by atoms with E-state index in [1.54, 1.807) is 22.2 Å². The number of thiazole rings is 1. The molecule has 24 heavy (non-hydrogen) atoms. The first-order valence-electron chi connectivity index (χ1n) is 8.15. The number of rotatable bonds is 5. The molecule has 1 N–H and O–H groups in total. The minimum absolute atomic E-state index is 0.124. The summed E-state index contributed by atoms with van der Waals surface area (Å²) in [4.78, 5) is 22.7. The van der Waals surface area contributed by atoms with Crippen LogP contribution in [0.25, 0.3) is 0 Å². The van der Waals surface area contributed by atoms with E-state index in [0.717, 1.165) is 43.3 Å². The third kappa shape index (κ3) is 3.82. The second kappa shape index (κ2) is 7.42. The molecule has 1 aliphatic rings. The van der Waals surface area contributed by atoms with Crippen molar-refractivity contribution >= 4 is 17.2 Å². The predicted molar refractivity (Wildman–Crippen MR) is 93.7 cm³/mol. The molecule has 8 heteroatoms. The highest BCUT2D eigenvalue weighted by Crippen LogP contribution is 2.18. The Morgan fingerprint density at radius 3 is 2.62 bits per heavy atom. The Balaban J connectivity index is 1.56. The summed E-state index contributed by atoms with van der Waals surface area (Å²) in [5.74, 6) is 0.124. The molecule has 0 radical (unpaired) electrons. The first-order chi connectivity index (χ1) is 11.6. The van der Waals surface area contributed by atoms with E-state index in [9.17, 15) is 4.79 Å². The molecule has 1 aliphatic heterocycles. The number of carbonyl (C=O) groups is 1. The Morgan fingerprint density at radius 2 is 2.08 bits per heavy atom. The summed E-state index contributed by atoms with van der Waals surface area (Å²) in [5, 5.41) is 8.39. The number of piperazine rings is 1. The summed E-state index contributed by atoms with van der Waals surface area (Å²) < 4.78 is 1.72. The summed E-state index contributed by atoms with van der Waals surface area (Å²) in [6.07, 6.45) is 5.60. The lowest BCUT2D eigenvalue weighted by Gasteiger charge is -2.36. The molecule has 1 amide bonds. The molecular weight excluding hydrogens is 324 g/mol. The summed E-state index contributed by atoms with van der Waals surface area (Å²) in [5.41, 5.74) is 0.910. The lowest BCUT2D eigenvalue weighted by Crippen LogP contribution is -2.50. The van der Waals surface area contributed by atoms with Crippen molar-refractivity contribution in [3.05, 3.63) is 34.0 Å². The second-order valence-corrected chi connectivity index (χ2v) is 7.44. The molecule has 2 aromatic rings. The van der Waals surface area contributed by atoms with Gasteiger partial charge in [0, 0.05) is 62.6 Å². The average molecular weight is 348 g/mol. The van der Waals surface area contributed by atoms with E-state index in [2.05, 4.69) is 20.3 Å². The number of carbonyl (C=O) groups excluding carboxylic acids is 1. The number of hydrogen-bond acceptors (Lipinski definition) is 6. The van der Waals surface area contributed by atoms with Gasteiger partial charge in [-0.05, 0) is 14.0 Å². The smallest absolute Gasteiger partial charge is 0.244 e. The van der Waals surface area contributed by atoms with Crippen LogP contribution in [-0.2, 0) is 18.4 Å². The summed E-state index contributed by atoms with van der Waals surface area (Å²) in [6, 6.07) is -0.325. The standard InChI is InChI=1S/C16H24N6OS/c1-12-18-9-14(24-12)11-21-4-6-22(7-5-21)16(23)15(17-2)13-8-19-20(3)10-13/h8-10,15,17H,4-7,11H2,1-3H3. The summed E-state index contributed by atoms with van der Waals surface area (Å²) >= 11 is 1.74. The molecule has 0 bridgehead atoms. The molecule has 2 aromatic heterocycles. The maximum Gasteiger partial charge on any atom is 0.244 e. The highest BCUT2D eigenvalue weighted by atomic mass is 32.1. The molecule has 1 fully saturated rings. The Labute approximate surface area is 146 Å². The Bertz CT molecular complexity index is 688. The van der Waals surface area contributed by atoms with Crippen LogP contribution in [0.2, 0.25) is 0 Å². The van der Waals surface area contributed by atoms with Crippen LogP contribution in [0, 0.1) is 6.92 Å². The number of aromatic nitrogens is 3. The number of amides is 1. The quantitative estimate of drug-likeness (QED) is 0.865. The minimum Gasteiger partial charge on any atom is -0.338 e. The highest BCUT2D eigenvalue weighted by Gasteiger charge is 2.28. The van der Waals surface area contributed by atoms with E-state index in [-0.39, 0.29) is 11.9 Å². The molecule has 0 saturated carbocycles. The van der Waals surface area contributed by atoms with Crippen molar-refractivity contribution < 1.29 is 4.79 Å². The molecule has 3 rings (SSSR count). The zero-order valence-corrected chi connectivity index (χ0v) is 15.2. The van der Waals surface area contributed by atoms with Gasteiger partial charge in [0.1, 0.15) is 6.04 Å². The zero-order chi connectivity index (χ0) is 17.1. The van der Waals surface area contributed by atoms with Gasteiger partial charge >= 0.3 is 0 Å². The Morgan fingerprint density at radius 1 is 1.33 bits per heavy atom. The average Bonchev–Trinajstić information content (AvgIpc) is 3.17. The van der Waals surface area contributed by atoms with E-state index in [1.807, 2.05) is 38.3 Å². The molecule has 0 aliphatic carbocycles. The van der Waals surface area contributed by atoms with Crippen molar-refractivity contribution in [2.75, 3.05) is 33.2 Å². The van der Waals surface area contributed by atoms with Crippen LogP contribution in [-0.4, -0.2) is 63.7 Å². The van der Waals surface area contributed by atoms with Gasteiger partial charge in [0.2, 0.25) is 5.91 Å². The summed E-state index contributed by atoms with van der Waals surface area (Å²) in [6.45, 7) is 6.26. The zero-order valence-electron chi connectivity index (χ0n) is 14.4. The van der Waals surface area contributed by atoms with E-state index < -0.39 is 0 Å². The monoisotopic (exact) mass is 348 g/mol.